The normalized spacial score (nSPS) is 11.7. The summed E-state index contributed by atoms with van der Waals surface area (Å²) >= 11 is 0. The van der Waals surface area contributed by atoms with Crippen molar-refractivity contribution in [3.05, 3.63) is 364 Å². The van der Waals surface area contributed by atoms with Gasteiger partial charge >= 0.3 is 0 Å². The van der Waals surface area contributed by atoms with Crippen molar-refractivity contribution in [2.45, 2.75) is 0 Å². The van der Waals surface area contributed by atoms with Crippen LogP contribution in [0.3, 0.4) is 0 Å². The summed E-state index contributed by atoms with van der Waals surface area (Å²) in [5, 5.41) is 16.0. The zero-order valence-corrected chi connectivity index (χ0v) is 56.3. The first kappa shape index (κ1) is 60.1. The Kier molecular flexibility index (Phi) is 14.5. The minimum atomic E-state index is 0.908. The number of fused-ring (bicyclic) bond motifs is 13. The summed E-state index contributed by atoms with van der Waals surface area (Å²) in [7, 11) is 0. The Hall–Kier alpha value is -13.9. The zero-order valence-electron chi connectivity index (χ0n) is 56.3. The van der Waals surface area contributed by atoms with Gasteiger partial charge in [-0.25, -0.2) is 19.9 Å². The number of hydrogen-bond acceptors (Lipinski definition) is 6. The molecule has 6 aromatic heterocycles. The molecule has 0 N–H and O–H groups in total. The molecule has 0 spiro atoms. The fraction of sp³-hybridized carbons (Fsp3) is 0. The van der Waals surface area contributed by atoms with Crippen LogP contribution in [0.15, 0.2) is 364 Å². The Bertz CT molecular complexity index is 6960. The van der Waals surface area contributed by atoms with Gasteiger partial charge in [-0.1, -0.05) is 291 Å². The van der Waals surface area contributed by atoms with E-state index < -0.39 is 0 Å². The van der Waals surface area contributed by atoms with Crippen molar-refractivity contribution in [1.82, 2.24) is 29.9 Å². The molecule has 104 heavy (non-hydrogen) atoms. The maximum absolute atomic E-state index is 5.52. The monoisotopic (exact) mass is 1320 g/mol. The van der Waals surface area contributed by atoms with Crippen LogP contribution in [0.5, 0.6) is 0 Å². The molecule has 0 atom stereocenters. The van der Waals surface area contributed by atoms with Crippen LogP contribution in [-0.2, 0) is 0 Å². The van der Waals surface area contributed by atoms with Gasteiger partial charge in [0.05, 0.1) is 55.5 Å². The van der Waals surface area contributed by atoms with Crippen LogP contribution >= 0.6 is 0 Å². The average molecular weight is 1320 g/mol. The van der Waals surface area contributed by atoms with E-state index in [2.05, 4.69) is 350 Å². The van der Waals surface area contributed by atoms with Crippen LogP contribution in [-0.4, -0.2) is 29.9 Å². The second kappa shape index (κ2) is 25.0. The highest BCUT2D eigenvalue weighted by molar-refractivity contribution is 6.23. The van der Waals surface area contributed by atoms with Gasteiger partial charge < -0.3 is 0 Å². The Labute approximate surface area is 599 Å². The Morgan fingerprint density at radius 3 is 1.04 bits per heavy atom. The lowest BCUT2D eigenvalue weighted by Gasteiger charge is -2.18. The van der Waals surface area contributed by atoms with Crippen LogP contribution in [0.1, 0.15) is 0 Å². The number of pyridine rings is 6. The van der Waals surface area contributed by atoms with Crippen molar-refractivity contribution in [3.8, 4) is 89.3 Å². The lowest BCUT2D eigenvalue weighted by Crippen LogP contribution is -1.95. The number of aromatic nitrogens is 6. The standard InChI is InChI=1S/C51H31N3.C47H29N3/c1-2-11-33(12-3-1)48-42-18-8-9-19-45(42)53-51-43(48)27-24-35-25-29-46(54-50(35)51)49-40-16-6-4-14-38(40)47(39-15-5-7-17-41(39)49)34-22-20-32(21-23-34)36-26-28-44-37(31-36)13-10-30-52-44;1-2-9-32(10-3-1)45-40-14-6-7-15-43(40)50-47-41(45)23-20-33-21-27-44(49-46(33)47)39-25-24-36(37-12-4-5-13-38(37)39)31-18-16-30(17-19-31)34-22-26-42-35(29-34)11-8-28-48-42/h1-31H;1-29H. The smallest absolute Gasteiger partial charge is 0.0978 e. The molecule has 15 aromatic carbocycles. The SMILES string of the molecule is c1ccc(-c2c3ccccc3nc3c2ccc2ccc(-c4c5ccccc5c(-c5ccc(-c6ccc7ncccc7c6)cc5)c5ccccc45)nc23)cc1.c1ccc(-c2c3ccccc3nc3c2ccc2ccc(-c4ccc(-c5ccc(-c6ccc7ncccc7c6)cc5)c5ccccc45)nc23)cc1. The van der Waals surface area contributed by atoms with E-state index in [1.165, 1.54) is 99.1 Å². The van der Waals surface area contributed by atoms with E-state index in [0.29, 0.717) is 0 Å². The molecule has 0 aliphatic rings. The van der Waals surface area contributed by atoms with Gasteiger partial charge in [0.15, 0.2) is 0 Å². The minimum absolute atomic E-state index is 0.908. The van der Waals surface area contributed by atoms with Crippen LogP contribution in [0, 0.1) is 0 Å². The molecule has 21 rings (SSSR count). The summed E-state index contributed by atoms with van der Waals surface area (Å²) in [5.74, 6) is 0. The number of rotatable bonds is 8. The van der Waals surface area contributed by atoms with Gasteiger partial charge in [0.1, 0.15) is 0 Å². The maximum atomic E-state index is 5.52. The minimum Gasteiger partial charge on any atom is -0.256 e. The van der Waals surface area contributed by atoms with Crippen molar-refractivity contribution in [2.24, 2.45) is 0 Å². The quantitative estimate of drug-likeness (QED) is 0.111. The van der Waals surface area contributed by atoms with E-state index >= 15 is 0 Å². The molecule has 0 bridgehead atoms. The van der Waals surface area contributed by atoms with Gasteiger partial charge in [-0.05, 0) is 149 Å². The van der Waals surface area contributed by atoms with Crippen molar-refractivity contribution < 1.29 is 0 Å². The summed E-state index contributed by atoms with van der Waals surface area (Å²) in [5.41, 5.74) is 26.0. The number of para-hydroxylation sites is 2. The summed E-state index contributed by atoms with van der Waals surface area (Å²) in [4.78, 5) is 30.4. The van der Waals surface area contributed by atoms with E-state index in [4.69, 9.17) is 19.9 Å². The van der Waals surface area contributed by atoms with Crippen molar-refractivity contribution in [3.63, 3.8) is 0 Å². The van der Waals surface area contributed by atoms with Gasteiger partial charge in [0.2, 0.25) is 0 Å². The maximum Gasteiger partial charge on any atom is 0.0978 e. The molecule has 0 radical (unpaired) electrons. The molecule has 0 aliphatic heterocycles. The fourth-order valence-electron chi connectivity index (χ4n) is 15.9. The van der Waals surface area contributed by atoms with Gasteiger partial charge in [0.25, 0.3) is 0 Å². The molecule has 0 amide bonds. The number of hydrogen-bond donors (Lipinski definition) is 0. The average Bonchev–Trinajstić information content (AvgIpc) is 0.732. The summed E-state index contributed by atoms with van der Waals surface area (Å²) in [6, 6.07) is 125. The second-order valence-electron chi connectivity index (χ2n) is 26.7. The first-order valence-electron chi connectivity index (χ1n) is 35.3. The third-order valence-corrected chi connectivity index (χ3v) is 20.8. The second-order valence-corrected chi connectivity index (χ2v) is 26.7. The van der Waals surface area contributed by atoms with Crippen molar-refractivity contribution in [1.29, 1.82) is 0 Å². The van der Waals surface area contributed by atoms with E-state index in [-0.39, 0.29) is 0 Å². The van der Waals surface area contributed by atoms with Crippen molar-refractivity contribution >= 4 is 120 Å². The number of nitrogens with zero attached hydrogens (tertiary/aromatic N) is 6. The molecule has 0 saturated carbocycles. The zero-order chi connectivity index (χ0) is 68.6. The van der Waals surface area contributed by atoms with Gasteiger partial charge in [-0.2, -0.15) is 0 Å². The largest absolute Gasteiger partial charge is 0.256 e. The van der Waals surface area contributed by atoms with Crippen LogP contribution in [0.4, 0.5) is 0 Å². The Morgan fingerprint density at radius 1 is 0.163 bits per heavy atom. The van der Waals surface area contributed by atoms with E-state index in [0.717, 1.165) is 110 Å². The summed E-state index contributed by atoms with van der Waals surface area (Å²) in [6.45, 7) is 0. The van der Waals surface area contributed by atoms with Gasteiger partial charge in [0, 0.05) is 77.7 Å². The molecular weight excluding hydrogens is 1260 g/mol. The predicted molar refractivity (Wildman–Crippen MR) is 436 cm³/mol. The molecule has 482 valence electrons. The van der Waals surface area contributed by atoms with Crippen LogP contribution in [0.25, 0.3) is 209 Å². The van der Waals surface area contributed by atoms with E-state index in [9.17, 15) is 0 Å². The Morgan fingerprint density at radius 2 is 0.529 bits per heavy atom. The summed E-state index contributed by atoms with van der Waals surface area (Å²) in [6.07, 6.45) is 3.68. The molecule has 0 fully saturated rings. The van der Waals surface area contributed by atoms with Gasteiger partial charge in [-0.15, -0.1) is 0 Å². The van der Waals surface area contributed by atoms with E-state index in [1.807, 2.05) is 24.5 Å². The lowest BCUT2D eigenvalue weighted by atomic mass is 9.86. The van der Waals surface area contributed by atoms with Gasteiger partial charge in [-0.3, -0.25) is 9.97 Å². The fourth-order valence-corrected chi connectivity index (χ4v) is 15.9. The molecule has 0 aliphatic carbocycles. The highest BCUT2D eigenvalue weighted by atomic mass is 14.8. The molecule has 0 saturated heterocycles. The van der Waals surface area contributed by atoms with Crippen LogP contribution < -0.4 is 0 Å². The van der Waals surface area contributed by atoms with E-state index in [1.54, 1.807) is 0 Å². The first-order valence-corrected chi connectivity index (χ1v) is 35.3. The summed E-state index contributed by atoms with van der Waals surface area (Å²) < 4.78 is 0. The first-order chi connectivity index (χ1) is 51.6. The molecule has 0 unspecified atom stereocenters. The molecule has 6 heterocycles. The molecular formula is C98H60N6. The molecule has 6 nitrogen and oxygen atoms in total. The third kappa shape index (κ3) is 10.3. The Balaban J connectivity index is 0.000000139. The topological polar surface area (TPSA) is 77.3 Å². The lowest BCUT2D eigenvalue weighted by molar-refractivity contribution is 1.40. The highest BCUT2D eigenvalue weighted by Gasteiger charge is 2.22. The van der Waals surface area contributed by atoms with Crippen molar-refractivity contribution in [2.75, 3.05) is 0 Å². The molecule has 6 heteroatoms. The molecule has 21 aromatic rings. The number of benzene rings is 15. The highest BCUT2D eigenvalue weighted by Crippen LogP contribution is 2.46. The van der Waals surface area contributed by atoms with Crippen LogP contribution in [0.2, 0.25) is 0 Å². The predicted octanol–water partition coefficient (Wildman–Crippen LogP) is 25.8. The third-order valence-electron chi connectivity index (χ3n) is 20.8.